The van der Waals surface area contributed by atoms with Crippen LogP contribution in [0.4, 0.5) is 0 Å². The van der Waals surface area contributed by atoms with Crippen molar-refractivity contribution in [3.8, 4) is 78.9 Å². The van der Waals surface area contributed by atoms with Crippen molar-refractivity contribution >= 4 is 11.9 Å². The molecule has 0 radical (unpaired) electrons. The van der Waals surface area contributed by atoms with Crippen LogP contribution in [0.3, 0.4) is 0 Å². The monoisotopic (exact) mass is 704 g/mol. The number of nitrogens with zero attached hydrogens (tertiary/aromatic N) is 6. The highest BCUT2D eigenvalue weighted by Crippen LogP contribution is 2.33. The predicted molar refractivity (Wildman–Crippen MR) is 205 cm³/mol. The lowest BCUT2D eigenvalue weighted by atomic mass is 9.97. The second kappa shape index (κ2) is 14.5. The third-order valence-corrected chi connectivity index (χ3v) is 8.74. The summed E-state index contributed by atoms with van der Waals surface area (Å²) in [6, 6.07) is 45.0. The highest BCUT2D eigenvalue weighted by atomic mass is 16.4. The van der Waals surface area contributed by atoms with Gasteiger partial charge in [-0.15, -0.1) is 0 Å². The first-order valence-electron chi connectivity index (χ1n) is 16.9. The fourth-order valence-corrected chi connectivity index (χ4v) is 6.05. The molecule has 8 aromatic rings. The van der Waals surface area contributed by atoms with Crippen molar-refractivity contribution in [2.45, 2.75) is 0 Å². The van der Waals surface area contributed by atoms with E-state index in [4.69, 9.17) is 9.97 Å². The van der Waals surface area contributed by atoms with Crippen molar-refractivity contribution in [1.29, 1.82) is 0 Å². The fourth-order valence-electron chi connectivity index (χ4n) is 6.05. The maximum Gasteiger partial charge on any atom is 0.354 e. The first-order valence-corrected chi connectivity index (χ1v) is 16.9. The second-order valence-corrected chi connectivity index (χ2v) is 12.3. The Morgan fingerprint density at radius 3 is 1.00 bits per heavy atom. The van der Waals surface area contributed by atoms with Crippen LogP contribution in [0.2, 0.25) is 0 Å². The van der Waals surface area contributed by atoms with Crippen molar-refractivity contribution < 1.29 is 19.8 Å². The van der Waals surface area contributed by atoms with Crippen LogP contribution in [0, 0.1) is 0 Å². The second-order valence-electron chi connectivity index (χ2n) is 12.3. The molecule has 6 aromatic heterocycles. The molecule has 0 fully saturated rings. The first-order chi connectivity index (χ1) is 26.4. The molecule has 54 heavy (non-hydrogen) atoms. The topological polar surface area (TPSA) is 152 Å². The summed E-state index contributed by atoms with van der Waals surface area (Å²) in [5, 5.41) is 19.1. The predicted octanol–water partition coefficient (Wildman–Crippen LogP) is 9.12. The van der Waals surface area contributed by atoms with Crippen LogP contribution in [-0.4, -0.2) is 52.1 Å². The average molecular weight is 705 g/mol. The molecule has 0 aliphatic heterocycles. The minimum atomic E-state index is -1.16. The van der Waals surface area contributed by atoms with Gasteiger partial charge < -0.3 is 10.2 Å². The number of pyridine rings is 6. The van der Waals surface area contributed by atoms with Crippen molar-refractivity contribution in [3.05, 3.63) is 169 Å². The largest absolute Gasteiger partial charge is 0.477 e. The molecule has 0 spiro atoms. The minimum absolute atomic E-state index is 0.117. The Morgan fingerprint density at radius 2 is 0.667 bits per heavy atom. The van der Waals surface area contributed by atoms with E-state index >= 15 is 0 Å². The van der Waals surface area contributed by atoms with E-state index < -0.39 is 11.9 Å². The van der Waals surface area contributed by atoms with E-state index in [0.29, 0.717) is 22.8 Å². The summed E-state index contributed by atoms with van der Waals surface area (Å²) in [5.74, 6) is -2.31. The third kappa shape index (κ3) is 7.07. The zero-order valence-electron chi connectivity index (χ0n) is 28.4. The Bertz CT molecular complexity index is 2520. The van der Waals surface area contributed by atoms with Crippen LogP contribution >= 0.6 is 0 Å². The molecule has 2 N–H and O–H groups in total. The van der Waals surface area contributed by atoms with Gasteiger partial charge in [-0.1, -0.05) is 72.8 Å². The third-order valence-electron chi connectivity index (χ3n) is 8.74. The molecule has 258 valence electrons. The number of aromatic nitrogens is 6. The molecule has 0 atom stereocenters. The number of hydrogen-bond donors (Lipinski definition) is 2. The van der Waals surface area contributed by atoms with E-state index in [9.17, 15) is 19.8 Å². The minimum Gasteiger partial charge on any atom is -0.477 e. The number of carboxylic acids is 2. The fraction of sp³-hybridized carbons (Fsp3) is 0. The molecule has 0 saturated heterocycles. The van der Waals surface area contributed by atoms with Gasteiger partial charge in [0, 0.05) is 12.4 Å². The first kappa shape index (κ1) is 33.4. The molecule has 10 nitrogen and oxygen atoms in total. The highest BCUT2D eigenvalue weighted by Gasteiger charge is 2.15. The number of rotatable bonds is 9. The number of aromatic carboxylic acids is 2. The Kier molecular flexibility index (Phi) is 8.97. The smallest absolute Gasteiger partial charge is 0.354 e. The van der Waals surface area contributed by atoms with Gasteiger partial charge in [-0.2, -0.15) is 0 Å². The van der Waals surface area contributed by atoms with Gasteiger partial charge in [-0.05, 0) is 106 Å². The zero-order chi connectivity index (χ0) is 37.0. The molecular weight excluding hydrogens is 677 g/mol. The zero-order valence-corrected chi connectivity index (χ0v) is 28.4. The number of hydrogen-bond acceptors (Lipinski definition) is 8. The van der Waals surface area contributed by atoms with E-state index in [1.165, 1.54) is 12.1 Å². The Morgan fingerprint density at radius 1 is 0.333 bits per heavy atom. The van der Waals surface area contributed by atoms with Crippen molar-refractivity contribution in [2.75, 3.05) is 0 Å². The Labute approximate surface area is 309 Å². The van der Waals surface area contributed by atoms with Crippen molar-refractivity contribution in [2.24, 2.45) is 0 Å². The SMILES string of the molecule is O=C(O)c1cccc(-c2cc(-c3ccc(-c4ccc(-c5cc(-c6ccccn6)nc(-c6ccccn6)c5)cc4)cc3)cc(-c3cccc(C(=O)O)n3)n2)n1. The lowest BCUT2D eigenvalue weighted by molar-refractivity contribution is 0.0680. The summed E-state index contributed by atoms with van der Waals surface area (Å²) < 4.78 is 0. The summed E-state index contributed by atoms with van der Waals surface area (Å²) in [6.07, 6.45) is 3.51. The van der Waals surface area contributed by atoms with Crippen LogP contribution in [0.25, 0.3) is 78.9 Å². The van der Waals surface area contributed by atoms with Gasteiger partial charge in [0.05, 0.1) is 45.6 Å². The van der Waals surface area contributed by atoms with E-state index in [1.54, 1.807) is 36.7 Å². The van der Waals surface area contributed by atoms with E-state index in [2.05, 4.69) is 44.2 Å². The molecule has 0 aliphatic carbocycles. The lowest BCUT2D eigenvalue weighted by Gasteiger charge is -2.12. The summed E-state index contributed by atoms with van der Waals surface area (Å²) in [7, 11) is 0. The van der Waals surface area contributed by atoms with Crippen molar-refractivity contribution in [1.82, 2.24) is 29.9 Å². The van der Waals surface area contributed by atoms with E-state index in [0.717, 1.165) is 56.2 Å². The van der Waals surface area contributed by atoms with Gasteiger partial charge in [-0.3, -0.25) is 9.97 Å². The molecule has 6 heterocycles. The maximum absolute atomic E-state index is 11.7. The Balaban J connectivity index is 1.13. The molecule has 8 rings (SSSR count). The lowest BCUT2D eigenvalue weighted by Crippen LogP contribution is -2.03. The maximum atomic E-state index is 11.7. The highest BCUT2D eigenvalue weighted by molar-refractivity contribution is 5.87. The van der Waals surface area contributed by atoms with Gasteiger partial charge >= 0.3 is 11.9 Å². The molecular formula is C44H28N6O4. The van der Waals surface area contributed by atoms with E-state index in [-0.39, 0.29) is 11.4 Å². The van der Waals surface area contributed by atoms with E-state index in [1.807, 2.05) is 84.9 Å². The van der Waals surface area contributed by atoms with Gasteiger partial charge in [0.1, 0.15) is 11.4 Å². The molecule has 0 amide bonds. The summed E-state index contributed by atoms with van der Waals surface area (Å²) in [5.41, 5.74) is 10.1. The molecule has 0 unspecified atom stereocenters. The summed E-state index contributed by atoms with van der Waals surface area (Å²) in [6.45, 7) is 0. The summed E-state index contributed by atoms with van der Waals surface area (Å²) >= 11 is 0. The number of carbonyl (C=O) groups is 2. The van der Waals surface area contributed by atoms with Crippen molar-refractivity contribution in [3.63, 3.8) is 0 Å². The van der Waals surface area contributed by atoms with Crippen LogP contribution in [0.15, 0.2) is 158 Å². The normalized spacial score (nSPS) is 10.9. The number of benzene rings is 2. The quantitative estimate of drug-likeness (QED) is 0.149. The molecule has 2 aromatic carbocycles. The van der Waals surface area contributed by atoms with Crippen LogP contribution in [-0.2, 0) is 0 Å². The number of carboxylic acid groups (broad SMARTS) is 2. The molecule has 10 heteroatoms. The molecule has 0 bridgehead atoms. The van der Waals surface area contributed by atoms with Gasteiger partial charge in [0.2, 0.25) is 0 Å². The van der Waals surface area contributed by atoms with Crippen LogP contribution in [0.1, 0.15) is 21.0 Å². The molecule has 0 saturated carbocycles. The van der Waals surface area contributed by atoms with Gasteiger partial charge in [0.15, 0.2) is 0 Å². The average Bonchev–Trinajstić information content (AvgIpc) is 3.24. The summed E-state index contributed by atoms with van der Waals surface area (Å²) in [4.78, 5) is 50.6. The van der Waals surface area contributed by atoms with Gasteiger partial charge in [-0.25, -0.2) is 29.5 Å². The van der Waals surface area contributed by atoms with Crippen LogP contribution in [0.5, 0.6) is 0 Å². The van der Waals surface area contributed by atoms with Gasteiger partial charge in [0.25, 0.3) is 0 Å². The Hall–Kier alpha value is -7.72. The van der Waals surface area contributed by atoms with Crippen LogP contribution < -0.4 is 0 Å². The standard InChI is InChI=1S/C44H28N6O4/c51-43(52)37-11-5-9-35(47-37)41-25-32(26-42(50-41)36-10-6-12-38(48-36)44(53)54)30-19-15-28(16-20-30)27-13-17-29(18-14-27)31-23-39(33-7-1-3-21-45-33)49-40(24-31)34-8-2-4-22-46-34/h1-26H,(H,51,52)(H,53,54). The molecule has 0 aliphatic rings.